The molecule has 0 saturated heterocycles. The van der Waals surface area contributed by atoms with Gasteiger partial charge in [-0.15, -0.1) is 0 Å². The zero-order chi connectivity index (χ0) is 19.1. The average molecular weight is 382 g/mol. The summed E-state index contributed by atoms with van der Waals surface area (Å²) in [5.41, 5.74) is 9.78. The van der Waals surface area contributed by atoms with Gasteiger partial charge in [0.15, 0.2) is 0 Å². The lowest BCUT2D eigenvalue weighted by atomic mass is 10.1. The molecule has 1 atom stereocenters. The van der Waals surface area contributed by atoms with Gasteiger partial charge in [-0.25, -0.2) is 4.98 Å². The maximum atomic E-state index is 6.54. The molecule has 142 valence electrons. The summed E-state index contributed by atoms with van der Waals surface area (Å²) in [6.07, 6.45) is 7.93. The number of benzene rings is 2. The van der Waals surface area contributed by atoms with Crippen molar-refractivity contribution in [1.82, 2.24) is 9.55 Å². The van der Waals surface area contributed by atoms with Crippen LogP contribution in [0.2, 0.25) is 5.02 Å². The number of unbranched alkanes of at least 4 members (excludes halogenated alkanes) is 3. The van der Waals surface area contributed by atoms with E-state index >= 15 is 0 Å². The minimum Gasteiger partial charge on any atom is -0.329 e. The van der Waals surface area contributed by atoms with Crippen LogP contribution in [-0.2, 0) is 6.54 Å². The van der Waals surface area contributed by atoms with Crippen molar-refractivity contribution >= 4 is 11.6 Å². The van der Waals surface area contributed by atoms with E-state index in [4.69, 9.17) is 22.3 Å². The molecule has 0 bridgehead atoms. The topological polar surface area (TPSA) is 43.8 Å². The average Bonchev–Trinajstić information content (AvgIpc) is 3.10. The van der Waals surface area contributed by atoms with Crippen molar-refractivity contribution in [3.63, 3.8) is 0 Å². The molecule has 27 heavy (non-hydrogen) atoms. The third kappa shape index (κ3) is 5.44. The lowest BCUT2D eigenvalue weighted by Gasteiger charge is -2.14. The van der Waals surface area contributed by atoms with Crippen LogP contribution in [0, 0.1) is 0 Å². The third-order valence-corrected chi connectivity index (χ3v) is 5.05. The molecule has 1 heterocycles. The SMILES string of the molecule is CCCCCCC(N)c1nc(-c2ccccc2)cn1Cc1cccc(Cl)c1. The second kappa shape index (κ2) is 9.72. The molecule has 4 heteroatoms. The van der Waals surface area contributed by atoms with Crippen LogP contribution in [0.25, 0.3) is 11.3 Å². The third-order valence-electron chi connectivity index (χ3n) is 4.82. The van der Waals surface area contributed by atoms with E-state index in [1.165, 1.54) is 19.3 Å². The van der Waals surface area contributed by atoms with Gasteiger partial charge in [0.05, 0.1) is 11.7 Å². The number of aromatic nitrogens is 2. The highest BCUT2D eigenvalue weighted by Crippen LogP contribution is 2.25. The Kier molecular flexibility index (Phi) is 7.08. The first-order valence-corrected chi connectivity index (χ1v) is 10.2. The first kappa shape index (κ1) is 19.7. The van der Waals surface area contributed by atoms with Crippen molar-refractivity contribution in [2.45, 2.75) is 51.6 Å². The number of nitrogens with zero attached hydrogens (tertiary/aromatic N) is 2. The monoisotopic (exact) mass is 381 g/mol. The molecule has 1 aromatic heterocycles. The van der Waals surface area contributed by atoms with Crippen molar-refractivity contribution < 1.29 is 0 Å². The van der Waals surface area contributed by atoms with Crippen LogP contribution in [0.5, 0.6) is 0 Å². The lowest BCUT2D eigenvalue weighted by molar-refractivity contribution is 0.527. The van der Waals surface area contributed by atoms with Gasteiger partial charge in [-0.05, 0) is 24.1 Å². The minimum absolute atomic E-state index is 0.0569. The van der Waals surface area contributed by atoms with Crippen molar-refractivity contribution in [2.24, 2.45) is 5.73 Å². The van der Waals surface area contributed by atoms with Gasteiger partial charge in [-0.1, -0.05) is 86.7 Å². The minimum atomic E-state index is -0.0569. The molecule has 2 aromatic carbocycles. The molecular formula is C23H28ClN3. The first-order chi connectivity index (χ1) is 13.2. The number of nitrogens with two attached hydrogens (primary N) is 1. The maximum Gasteiger partial charge on any atom is 0.126 e. The second-order valence-electron chi connectivity index (χ2n) is 7.06. The van der Waals surface area contributed by atoms with E-state index in [0.29, 0.717) is 0 Å². The summed E-state index contributed by atoms with van der Waals surface area (Å²) < 4.78 is 2.18. The summed E-state index contributed by atoms with van der Waals surface area (Å²) in [5.74, 6) is 0.949. The van der Waals surface area contributed by atoms with Crippen LogP contribution in [0.3, 0.4) is 0 Å². The zero-order valence-corrected chi connectivity index (χ0v) is 16.7. The Hall–Kier alpha value is -2.10. The largest absolute Gasteiger partial charge is 0.329 e. The highest BCUT2D eigenvalue weighted by molar-refractivity contribution is 6.30. The van der Waals surface area contributed by atoms with Crippen LogP contribution in [0.4, 0.5) is 0 Å². The molecule has 3 rings (SSSR count). The Balaban J connectivity index is 1.85. The fourth-order valence-corrected chi connectivity index (χ4v) is 3.57. The molecule has 0 saturated carbocycles. The second-order valence-corrected chi connectivity index (χ2v) is 7.50. The number of rotatable bonds is 9. The molecule has 3 aromatic rings. The molecule has 0 spiro atoms. The number of imidazole rings is 1. The Morgan fingerprint density at radius 2 is 1.85 bits per heavy atom. The van der Waals surface area contributed by atoms with Gasteiger partial charge in [-0.2, -0.15) is 0 Å². The van der Waals surface area contributed by atoms with Crippen molar-refractivity contribution in [3.05, 3.63) is 77.2 Å². The highest BCUT2D eigenvalue weighted by Gasteiger charge is 2.16. The van der Waals surface area contributed by atoms with E-state index in [1.54, 1.807) is 0 Å². The molecule has 0 amide bonds. The van der Waals surface area contributed by atoms with Crippen molar-refractivity contribution in [1.29, 1.82) is 0 Å². The Morgan fingerprint density at radius 1 is 1.04 bits per heavy atom. The van der Waals surface area contributed by atoms with Gasteiger partial charge in [-0.3, -0.25) is 0 Å². The first-order valence-electron chi connectivity index (χ1n) is 9.80. The van der Waals surface area contributed by atoms with E-state index in [0.717, 1.165) is 47.1 Å². The number of hydrogen-bond acceptors (Lipinski definition) is 2. The Bertz CT molecular complexity index is 842. The van der Waals surface area contributed by atoms with Gasteiger partial charge in [0.1, 0.15) is 5.82 Å². The van der Waals surface area contributed by atoms with E-state index in [2.05, 4.69) is 35.9 Å². The van der Waals surface area contributed by atoms with Gasteiger partial charge in [0.25, 0.3) is 0 Å². The normalized spacial score (nSPS) is 12.3. The van der Waals surface area contributed by atoms with E-state index in [1.807, 2.05) is 36.4 Å². The van der Waals surface area contributed by atoms with Crippen molar-refractivity contribution in [3.8, 4) is 11.3 Å². The van der Waals surface area contributed by atoms with Crippen LogP contribution in [-0.4, -0.2) is 9.55 Å². The predicted molar refractivity (Wildman–Crippen MR) is 114 cm³/mol. The fourth-order valence-electron chi connectivity index (χ4n) is 3.35. The summed E-state index contributed by atoms with van der Waals surface area (Å²) in [4.78, 5) is 4.90. The molecule has 0 radical (unpaired) electrons. The summed E-state index contributed by atoms with van der Waals surface area (Å²) in [6, 6.07) is 18.2. The van der Waals surface area contributed by atoms with Crippen LogP contribution in [0.1, 0.15) is 56.5 Å². The maximum absolute atomic E-state index is 6.54. The van der Waals surface area contributed by atoms with Gasteiger partial charge < -0.3 is 10.3 Å². The molecular weight excluding hydrogens is 354 g/mol. The molecule has 3 nitrogen and oxygen atoms in total. The number of halogens is 1. The Labute approximate surface area is 167 Å². The fraction of sp³-hybridized carbons (Fsp3) is 0.348. The van der Waals surface area contributed by atoms with E-state index in [-0.39, 0.29) is 6.04 Å². The predicted octanol–water partition coefficient (Wildman–Crippen LogP) is 6.22. The van der Waals surface area contributed by atoms with Gasteiger partial charge in [0, 0.05) is 23.3 Å². The van der Waals surface area contributed by atoms with Crippen LogP contribution < -0.4 is 5.73 Å². The molecule has 0 aliphatic rings. The quantitative estimate of drug-likeness (QED) is 0.447. The molecule has 0 aliphatic carbocycles. The molecule has 0 aliphatic heterocycles. The lowest BCUT2D eigenvalue weighted by Crippen LogP contribution is -2.17. The Morgan fingerprint density at radius 3 is 2.59 bits per heavy atom. The zero-order valence-electron chi connectivity index (χ0n) is 15.9. The summed E-state index contributed by atoms with van der Waals surface area (Å²) in [5, 5.41) is 0.751. The molecule has 0 fully saturated rings. The summed E-state index contributed by atoms with van der Waals surface area (Å²) in [7, 11) is 0. The smallest absolute Gasteiger partial charge is 0.126 e. The summed E-state index contributed by atoms with van der Waals surface area (Å²) in [6.45, 7) is 2.95. The van der Waals surface area contributed by atoms with E-state index < -0.39 is 0 Å². The van der Waals surface area contributed by atoms with Gasteiger partial charge in [0.2, 0.25) is 0 Å². The van der Waals surface area contributed by atoms with Gasteiger partial charge >= 0.3 is 0 Å². The highest BCUT2D eigenvalue weighted by atomic mass is 35.5. The van der Waals surface area contributed by atoms with E-state index in [9.17, 15) is 0 Å². The van der Waals surface area contributed by atoms with Crippen LogP contribution >= 0.6 is 11.6 Å². The van der Waals surface area contributed by atoms with Crippen molar-refractivity contribution in [2.75, 3.05) is 0 Å². The standard InChI is InChI=1S/C23H28ClN3/c1-2-3-4-8-14-21(25)23-26-22(19-11-6-5-7-12-19)17-27(23)16-18-10-9-13-20(24)15-18/h5-7,9-13,15,17,21H,2-4,8,14,16,25H2,1H3. The molecule has 1 unspecified atom stereocenters. The van der Waals surface area contributed by atoms with Crippen LogP contribution in [0.15, 0.2) is 60.8 Å². The summed E-state index contributed by atoms with van der Waals surface area (Å²) >= 11 is 6.16. The molecule has 2 N–H and O–H groups in total. The number of hydrogen-bond donors (Lipinski definition) is 1.